The monoisotopic (exact) mass is 225 g/mol. The number of aromatic nitrogens is 1. The van der Waals surface area contributed by atoms with Crippen LogP contribution in [0.1, 0.15) is 23.7 Å². The molecule has 0 fully saturated rings. The van der Waals surface area contributed by atoms with E-state index in [4.69, 9.17) is 14.6 Å². The van der Waals surface area contributed by atoms with Crippen molar-refractivity contribution in [2.24, 2.45) is 0 Å². The van der Waals surface area contributed by atoms with E-state index in [1.807, 2.05) is 6.92 Å². The molecule has 5 nitrogen and oxygen atoms in total. The number of methoxy groups -OCH3 is 1. The standard InChI is InChI=1S/C11H15NO4/c1-8(4-6-15-2)16-10-7-12-5-3-9(10)11(13)14/h3,5,7-8H,4,6H2,1-2H3,(H,13,14). The topological polar surface area (TPSA) is 68.7 Å². The molecule has 1 atom stereocenters. The van der Waals surface area contributed by atoms with Crippen LogP contribution < -0.4 is 4.74 Å². The molecule has 1 rings (SSSR count). The number of carboxylic acid groups (broad SMARTS) is 1. The summed E-state index contributed by atoms with van der Waals surface area (Å²) in [5.41, 5.74) is 0.124. The molecule has 0 aromatic carbocycles. The molecule has 88 valence electrons. The first-order valence-electron chi connectivity index (χ1n) is 4.98. The number of carbonyl (C=O) groups is 1. The Hall–Kier alpha value is -1.62. The fraction of sp³-hybridized carbons (Fsp3) is 0.455. The Morgan fingerprint density at radius 1 is 1.62 bits per heavy atom. The lowest BCUT2D eigenvalue weighted by atomic mass is 10.2. The van der Waals surface area contributed by atoms with Gasteiger partial charge < -0.3 is 14.6 Å². The molecule has 0 aliphatic rings. The minimum Gasteiger partial charge on any atom is -0.488 e. The minimum absolute atomic E-state index is 0.109. The largest absolute Gasteiger partial charge is 0.488 e. The van der Waals surface area contributed by atoms with Gasteiger partial charge in [0.2, 0.25) is 0 Å². The highest BCUT2D eigenvalue weighted by atomic mass is 16.5. The van der Waals surface area contributed by atoms with Crippen LogP contribution in [0.2, 0.25) is 0 Å². The smallest absolute Gasteiger partial charge is 0.339 e. The number of ether oxygens (including phenoxy) is 2. The van der Waals surface area contributed by atoms with Gasteiger partial charge in [-0.1, -0.05) is 0 Å². The Morgan fingerprint density at radius 3 is 3.00 bits per heavy atom. The quantitative estimate of drug-likeness (QED) is 0.796. The first kappa shape index (κ1) is 12.4. The van der Waals surface area contributed by atoms with E-state index in [1.54, 1.807) is 7.11 Å². The molecule has 0 saturated heterocycles. The van der Waals surface area contributed by atoms with Gasteiger partial charge in [0.1, 0.15) is 5.56 Å². The van der Waals surface area contributed by atoms with Gasteiger partial charge in [-0.3, -0.25) is 4.98 Å². The van der Waals surface area contributed by atoms with Crippen molar-refractivity contribution in [1.82, 2.24) is 4.98 Å². The second-order valence-electron chi connectivity index (χ2n) is 3.39. The maximum atomic E-state index is 10.9. The van der Waals surface area contributed by atoms with Crippen LogP contribution in [-0.2, 0) is 4.74 Å². The third kappa shape index (κ3) is 3.51. The first-order chi connectivity index (χ1) is 7.65. The Labute approximate surface area is 94.0 Å². The zero-order valence-corrected chi connectivity index (χ0v) is 9.34. The van der Waals surface area contributed by atoms with Crippen LogP contribution in [0.25, 0.3) is 0 Å². The summed E-state index contributed by atoms with van der Waals surface area (Å²) < 4.78 is 10.4. The van der Waals surface area contributed by atoms with Crippen molar-refractivity contribution in [2.45, 2.75) is 19.4 Å². The predicted octanol–water partition coefficient (Wildman–Crippen LogP) is 1.58. The van der Waals surface area contributed by atoms with E-state index in [2.05, 4.69) is 4.98 Å². The number of rotatable bonds is 6. The molecular weight excluding hydrogens is 210 g/mol. The predicted molar refractivity (Wildman–Crippen MR) is 57.8 cm³/mol. The van der Waals surface area contributed by atoms with E-state index in [9.17, 15) is 4.79 Å². The van der Waals surface area contributed by atoms with Crippen LogP contribution >= 0.6 is 0 Å². The van der Waals surface area contributed by atoms with Gasteiger partial charge in [-0.2, -0.15) is 0 Å². The van der Waals surface area contributed by atoms with Crippen molar-refractivity contribution in [3.05, 3.63) is 24.0 Å². The van der Waals surface area contributed by atoms with Gasteiger partial charge in [0.15, 0.2) is 5.75 Å². The molecule has 0 bridgehead atoms. The highest BCUT2D eigenvalue weighted by Gasteiger charge is 2.13. The van der Waals surface area contributed by atoms with E-state index < -0.39 is 5.97 Å². The van der Waals surface area contributed by atoms with Crippen LogP contribution in [0, 0.1) is 0 Å². The molecule has 0 aliphatic heterocycles. The van der Waals surface area contributed by atoms with Crippen molar-refractivity contribution >= 4 is 5.97 Å². The van der Waals surface area contributed by atoms with E-state index in [0.717, 1.165) is 0 Å². The Bertz CT molecular complexity index is 354. The fourth-order valence-electron chi connectivity index (χ4n) is 1.21. The lowest BCUT2D eigenvalue weighted by Crippen LogP contribution is -2.16. The normalized spacial score (nSPS) is 12.1. The molecule has 0 radical (unpaired) electrons. The summed E-state index contributed by atoms with van der Waals surface area (Å²) in [6.45, 7) is 2.43. The van der Waals surface area contributed by atoms with Gasteiger partial charge in [0.25, 0.3) is 0 Å². The third-order valence-electron chi connectivity index (χ3n) is 2.07. The number of hydrogen-bond acceptors (Lipinski definition) is 4. The molecule has 16 heavy (non-hydrogen) atoms. The van der Waals surface area contributed by atoms with E-state index in [-0.39, 0.29) is 11.7 Å². The molecular formula is C11H15NO4. The number of pyridine rings is 1. The second kappa shape index (κ2) is 6.07. The van der Waals surface area contributed by atoms with Crippen molar-refractivity contribution in [1.29, 1.82) is 0 Å². The highest BCUT2D eigenvalue weighted by molar-refractivity contribution is 5.90. The maximum absolute atomic E-state index is 10.9. The molecule has 1 unspecified atom stereocenters. The SMILES string of the molecule is COCCC(C)Oc1cnccc1C(=O)O. The van der Waals surface area contributed by atoms with Crippen LogP contribution in [0.3, 0.4) is 0 Å². The summed E-state index contributed by atoms with van der Waals surface area (Å²) >= 11 is 0. The highest BCUT2D eigenvalue weighted by Crippen LogP contribution is 2.18. The van der Waals surface area contributed by atoms with Gasteiger partial charge in [0.05, 0.1) is 12.3 Å². The van der Waals surface area contributed by atoms with Crippen LogP contribution in [0.4, 0.5) is 0 Å². The molecule has 1 aromatic heterocycles. The molecule has 0 spiro atoms. The molecule has 1 N–H and O–H groups in total. The first-order valence-corrected chi connectivity index (χ1v) is 4.98. The van der Waals surface area contributed by atoms with Crippen molar-refractivity contribution in [3.63, 3.8) is 0 Å². The summed E-state index contributed by atoms with van der Waals surface area (Å²) in [6, 6.07) is 1.42. The molecule has 0 amide bonds. The number of carboxylic acids is 1. The zero-order chi connectivity index (χ0) is 12.0. The summed E-state index contributed by atoms with van der Waals surface area (Å²) in [5, 5.41) is 8.92. The van der Waals surface area contributed by atoms with Crippen molar-refractivity contribution in [2.75, 3.05) is 13.7 Å². The lowest BCUT2D eigenvalue weighted by Gasteiger charge is -2.15. The summed E-state index contributed by atoms with van der Waals surface area (Å²) in [7, 11) is 1.61. The minimum atomic E-state index is -1.02. The molecule has 1 aromatic rings. The molecule has 1 heterocycles. The van der Waals surface area contributed by atoms with E-state index >= 15 is 0 Å². The zero-order valence-electron chi connectivity index (χ0n) is 9.34. The third-order valence-corrected chi connectivity index (χ3v) is 2.07. The lowest BCUT2D eigenvalue weighted by molar-refractivity contribution is 0.0687. The second-order valence-corrected chi connectivity index (χ2v) is 3.39. The van der Waals surface area contributed by atoms with Gasteiger partial charge in [-0.15, -0.1) is 0 Å². The van der Waals surface area contributed by atoms with E-state index in [1.165, 1.54) is 18.5 Å². The number of hydrogen-bond donors (Lipinski definition) is 1. The van der Waals surface area contributed by atoms with Crippen LogP contribution in [0.15, 0.2) is 18.5 Å². The van der Waals surface area contributed by atoms with E-state index in [0.29, 0.717) is 18.8 Å². The van der Waals surface area contributed by atoms with Gasteiger partial charge in [-0.25, -0.2) is 4.79 Å². The average molecular weight is 225 g/mol. The molecule has 5 heteroatoms. The summed E-state index contributed by atoms with van der Waals surface area (Å²) in [6.07, 6.45) is 3.43. The van der Waals surface area contributed by atoms with Crippen LogP contribution in [-0.4, -0.2) is 35.9 Å². The summed E-state index contributed by atoms with van der Waals surface area (Å²) in [5.74, 6) is -0.727. The van der Waals surface area contributed by atoms with Gasteiger partial charge >= 0.3 is 5.97 Å². The van der Waals surface area contributed by atoms with Crippen molar-refractivity contribution in [3.8, 4) is 5.75 Å². The Balaban J connectivity index is 2.69. The summed E-state index contributed by atoms with van der Waals surface area (Å²) in [4.78, 5) is 14.7. The molecule has 0 aliphatic carbocycles. The Kier molecular flexibility index (Phi) is 4.72. The number of nitrogens with zero attached hydrogens (tertiary/aromatic N) is 1. The number of aromatic carboxylic acids is 1. The van der Waals surface area contributed by atoms with Crippen molar-refractivity contribution < 1.29 is 19.4 Å². The van der Waals surface area contributed by atoms with Gasteiger partial charge in [0, 0.05) is 26.3 Å². The fourth-order valence-corrected chi connectivity index (χ4v) is 1.21. The maximum Gasteiger partial charge on any atom is 0.339 e. The van der Waals surface area contributed by atoms with Gasteiger partial charge in [-0.05, 0) is 13.0 Å². The molecule has 0 saturated carbocycles. The average Bonchev–Trinajstić information content (AvgIpc) is 2.27. The van der Waals surface area contributed by atoms with Crippen LogP contribution in [0.5, 0.6) is 5.75 Å². The Morgan fingerprint density at radius 2 is 2.38 bits per heavy atom.